The van der Waals surface area contributed by atoms with Crippen molar-refractivity contribution in [3.05, 3.63) is 28.8 Å². The summed E-state index contributed by atoms with van der Waals surface area (Å²) in [6.45, 7) is 6.26. The second-order valence-corrected chi connectivity index (χ2v) is 4.39. The van der Waals surface area contributed by atoms with E-state index in [9.17, 15) is 4.79 Å². The van der Waals surface area contributed by atoms with Crippen molar-refractivity contribution in [3.8, 4) is 0 Å². The van der Waals surface area contributed by atoms with Crippen LogP contribution in [0.2, 0.25) is 0 Å². The third-order valence-electron chi connectivity index (χ3n) is 2.23. The van der Waals surface area contributed by atoms with E-state index in [1.165, 1.54) is 0 Å². The van der Waals surface area contributed by atoms with Gasteiger partial charge in [0.2, 0.25) is 5.52 Å². The predicted molar refractivity (Wildman–Crippen MR) is 54.1 cm³/mol. The minimum atomic E-state index is -0.0539. The summed E-state index contributed by atoms with van der Waals surface area (Å²) in [5, 5.41) is 3.79. The molecule has 14 heavy (non-hydrogen) atoms. The van der Waals surface area contributed by atoms with Gasteiger partial charge in [0.1, 0.15) is 5.39 Å². The van der Waals surface area contributed by atoms with Gasteiger partial charge in [0, 0.05) is 33.0 Å². The summed E-state index contributed by atoms with van der Waals surface area (Å²) in [4.78, 5) is 14.1. The van der Waals surface area contributed by atoms with Gasteiger partial charge < -0.3 is 4.98 Å². The van der Waals surface area contributed by atoms with E-state index in [0.29, 0.717) is 5.39 Å². The van der Waals surface area contributed by atoms with Crippen LogP contribution < -0.4 is 10.2 Å². The van der Waals surface area contributed by atoms with E-state index in [-0.39, 0.29) is 11.1 Å². The zero-order valence-corrected chi connectivity index (χ0v) is 8.59. The van der Waals surface area contributed by atoms with Crippen molar-refractivity contribution in [1.82, 2.24) is 10.1 Å². The zero-order chi connectivity index (χ0) is 10.3. The van der Waals surface area contributed by atoms with E-state index in [2.05, 4.69) is 30.9 Å². The molecule has 0 atom stereocenters. The van der Waals surface area contributed by atoms with Crippen molar-refractivity contribution in [2.75, 3.05) is 0 Å². The molecule has 0 fully saturated rings. The number of hydrogen-bond acceptors (Lipinski definition) is 1. The third kappa shape index (κ3) is 1.23. The highest BCUT2D eigenvalue weighted by molar-refractivity contribution is 5.72. The Morgan fingerprint density at radius 3 is 2.71 bits per heavy atom. The number of aromatic nitrogens is 3. The Bertz CT molecular complexity index is 516. The molecule has 74 valence electrons. The highest BCUT2D eigenvalue weighted by Crippen LogP contribution is 2.09. The van der Waals surface area contributed by atoms with E-state index in [0.717, 1.165) is 5.52 Å². The zero-order valence-electron chi connectivity index (χ0n) is 8.59. The molecule has 2 heterocycles. The Kier molecular flexibility index (Phi) is 1.74. The van der Waals surface area contributed by atoms with Crippen LogP contribution in [0.15, 0.2) is 23.3 Å². The summed E-state index contributed by atoms with van der Waals surface area (Å²) in [7, 11) is 0. The lowest BCUT2D eigenvalue weighted by molar-refractivity contribution is -0.781. The van der Waals surface area contributed by atoms with Crippen molar-refractivity contribution in [3.63, 3.8) is 0 Å². The Labute approximate surface area is 81.6 Å². The maximum atomic E-state index is 11.4. The van der Waals surface area contributed by atoms with Crippen LogP contribution in [0.25, 0.3) is 10.9 Å². The number of hydrogen-bond donors (Lipinski definition) is 2. The molecule has 0 aliphatic carbocycles. The first-order valence-corrected chi connectivity index (χ1v) is 4.61. The fourth-order valence-corrected chi connectivity index (χ4v) is 1.57. The first kappa shape index (κ1) is 8.99. The smallest absolute Gasteiger partial charge is 0.263 e. The lowest BCUT2D eigenvalue weighted by atomic mass is 10.1. The molecule has 0 saturated carbocycles. The van der Waals surface area contributed by atoms with E-state index >= 15 is 0 Å². The topological polar surface area (TPSA) is 52.5 Å². The van der Waals surface area contributed by atoms with Crippen LogP contribution in [0.1, 0.15) is 20.8 Å². The van der Waals surface area contributed by atoms with Crippen LogP contribution in [0.3, 0.4) is 0 Å². The lowest BCUT2D eigenvalue weighted by Crippen LogP contribution is -2.51. The SMILES string of the molecule is CC(C)(C)[n+]1[nH]cc2c(=O)[nH]ccc21. The predicted octanol–water partition coefficient (Wildman–Crippen LogP) is 0.899. The standard InChI is InChI=1S/C10H13N3O/c1-10(2,3)13-8-4-5-11-9(14)7(8)6-12-13/h4-6H,1-3H3,(H,11,12,14)/p+1. The van der Waals surface area contributed by atoms with Gasteiger partial charge in [-0.2, -0.15) is 5.10 Å². The minimum absolute atomic E-state index is 0.0461. The largest absolute Gasteiger partial charge is 0.328 e. The van der Waals surface area contributed by atoms with E-state index in [1.54, 1.807) is 12.4 Å². The molecule has 4 nitrogen and oxygen atoms in total. The van der Waals surface area contributed by atoms with Crippen LogP contribution in [-0.2, 0) is 5.54 Å². The number of rotatable bonds is 0. The fourth-order valence-electron chi connectivity index (χ4n) is 1.57. The molecular formula is C10H14N3O+. The van der Waals surface area contributed by atoms with Crippen LogP contribution in [-0.4, -0.2) is 10.1 Å². The molecule has 0 saturated heterocycles. The first-order chi connectivity index (χ1) is 6.50. The molecule has 0 aliphatic heterocycles. The molecule has 0 bridgehead atoms. The number of fused-ring (bicyclic) bond motifs is 1. The van der Waals surface area contributed by atoms with Gasteiger partial charge in [-0.1, -0.05) is 0 Å². The number of H-pyrrole nitrogens is 2. The van der Waals surface area contributed by atoms with Crippen LogP contribution in [0.5, 0.6) is 0 Å². The molecule has 0 spiro atoms. The average molecular weight is 192 g/mol. The molecule has 2 N–H and O–H groups in total. The van der Waals surface area contributed by atoms with E-state index in [1.807, 2.05) is 10.7 Å². The first-order valence-electron chi connectivity index (χ1n) is 4.61. The van der Waals surface area contributed by atoms with Crippen molar-refractivity contribution >= 4 is 10.9 Å². The van der Waals surface area contributed by atoms with Crippen LogP contribution in [0, 0.1) is 0 Å². The number of aromatic amines is 2. The third-order valence-corrected chi connectivity index (χ3v) is 2.23. The molecule has 2 aromatic rings. The van der Waals surface area contributed by atoms with Crippen molar-refractivity contribution in [2.24, 2.45) is 0 Å². The Morgan fingerprint density at radius 1 is 1.36 bits per heavy atom. The van der Waals surface area contributed by atoms with Crippen molar-refractivity contribution in [2.45, 2.75) is 26.3 Å². The molecular weight excluding hydrogens is 178 g/mol. The van der Waals surface area contributed by atoms with Crippen molar-refractivity contribution in [1.29, 1.82) is 0 Å². The van der Waals surface area contributed by atoms with Gasteiger partial charge in [-0.25, -0.2) is 0 Å². The fraction of sp³-hybridized carbons (Fsp3) is 0.400. The monoisotopic (exact) mass is 192 g/mol. The van der Waals surface area contributed by atoms with Gasteiger partial charge in [0.05, 0.1) is 6.20 Å². The van der Waals surface area contributed by atoms with Gasteiger partial charge in [0.25, 0.3) is 5.56 Å². The lowest BCUT2D eigenvalue weighted by Gasteiger charge is -2.09. The molecule has 4 heteroatoms. The summed E-state index contributed by atoms with van der Waals surface area (Å²) < 4.78 is 1.98. The Morgan fingerprint density at radius 2 is 2.07 bits per heavy atom. The van der Waals surface area contributed by atoms with Crippen molar-refractivity contribution < 1.29 is 4.68 Å². The summed E-state index contributed by atoms with van der Waals surface area (Å²) in [6.07, 6.45) is 3.40. The second-order valence-electron chi connectivity index (χ2n) is 4.39. The molecule has 0 aliphatic rings. The Hall–Kier alpha value is -1.58. The molecule has 0 amide bonds. The maximum absolute atomic E-state index is 11.4. The number of nitrogens with zero attached hydrogens (tertiary/aromatic N) is 1. The minimum Gasteiger partial charge on any atom is -0.328 e. The van der Waals surface area contributed by atoms with Gasteiger partial charge >= 0.3 is 0 Å². The summed E-state index contributed by atoms with van der Waals surface area (Å²) in [6, 6.07) is 1.90. The molecule has 0 radical (unpaired) electrons. The number of pyridine rings is 1. The molecule has 2 rings (SSSR count). The second kappa shape index (κ2) is 2.70. The van der Waals surface area contributed by atoms with Crippen LogP contribution >= 0.6 is 0 Å². The molecule has 0 unspecified atom stereocenters. The molecule has 2 aromatic heterocycles. The van der Waals surface area contributed by atoms with E-state index < -0.39 is 0 Å². The summed E-state index contributed by atoms with van der Waals surface area (Å²) in [5.74, 6) is 0. The molecule has 0 aromatic carbocycles. The summed E-state index contributed by atoms with van der Waals surface area (Å²) >= 11 is 0. The average Bonchev–Trinajstić information content (AvgIpc) is 2.47. The van der Waals surface area contributed by atoms with Gasteiger partial charge in [-0.15, -0.1) is 4.68 Å². The van der Waals surface area contributed by atoms with Crippen LogP contribution in [0.4, 0.5) is 0 Å². The quantitative estimate of drug-likeness (QED) is 0.599. The van der Waals surface area contributed by atoms with Gasteiger partial charge in [-0.3, -0.25) is 4.79 Å². The summed E-state index contributed by atoms with van der Waals surface area (Å²) in [5.41, 5.74) is 0.832. The number of nitrogens with one attached hydrogen (secondary N) is 2. The van der Waals surface area contributed by atoms with E-state index in [4.69, 9.17) is 0 Å². The maximum Gasteiger partial charge on any atom is 0.263 e. The normalized spacial score (nSPS) is 12.2. The highest BCUT2D eigenvalue weighted by atomic mass is 16.1. The highest BCUT2D eigenvalue weighted by Gasteiger charge is 2.27. The van der Waals surface area contributed by atoms with Gasteiger partial charge in [0.15, 0.2) is 5.54 Å². The van der Waals surface area contributed by atoms with Gasteiger partial charge in [-0.05, 0) is 0 Å². The Balaban J connectivity index is 2.83.